The van der Waals surface area contributed by atoms with Crippen LogP contribution >= 0.6 is 11.3 Å². The molecule has 0 unspecified atom stereocenters. The molecule has 120 valence electrons. The van der Waals surface area contributed by atoms with Gasteiger partial charge in [0.1, 0.15) is 5.82 Å². The molecule has 0 saturated heterocycles. The molecule has 0 aliphatic carbocycles. The number of benzene rings is 3. The van der Waals surface area contributed by atoms with E-state index in [9.17, 15) is 4.39 Å². The average Bonchev–Trinajstić information content (AvgIpc) is 2.93. The number of fused-ring (bicyclic) bond motifs is 3. The lowest BCUT2D eigenvalue weighted by molar-refractivity contribution is 0.618. The molecule has 0 aliphatic heterocycles. The molecule has 0 atom stereocenters. The van der Waals surface area contributed by atoms with E-state index < -0.39 is 0 Å². The Labute approximate surface area is 145 Å². The normalized spacial score (nSPS) is 11.3. The van der Waals surface area contributed by atoms with Gasteiger partial charge in [-0.2, -0.15) is 0 Å². The highest BCUT2D eigenvalue weighted by atomic mass is 32.1. The van der Waals surface area contributed by atoms with Crippen LogP contribution in [0.25, 0.3) is 20.2 Å². The first-order chi connectivity index (χ1) is 11.5. The predicted octanol–water partition coefficient (Wildman–Crippen LogP) is 6.58. The quantitative estimate of drug-likeness (QED) is 0.400. The van der Waals surface area contributed by atoms with Crippen molar-refractivity contribution in [2.75, 3.05) is 11.9 Å². The molecular formula is C21H18FNS. The third-order valence-corrected chi connectivity index (χ3v) is 5.66. The van der Waals surface area contributed by atoms with Crippen LogP contribution in [0.3, 0.4) is 0 Å². The van der Waals surface area contributed by atoms with Gasteiger partial charge in [-0.3, -0.25) is 0 Å². The van der Waals surface area contributed by atoms with E-state index in [-0.39, 0.29) is 5.82 Å². The molecule has 1 heterocycles. The van der Waals surface area contributed by atoms with Crippen molar-refractivity contribution in [3.63, 3.8) is 0 Å². The van der Waals surface area contributed by atoms with Crippen LogP contribution in [-0.2, 0) is 0 Å². The summed E-state index contributed by atoms with van der Waals surface area (Å²) in [6.45, 7) is 3.90. The van der Waals surface area contributed by atoms with E-state index in [2.05, 4.69) is 43.3 Å². The van der Waals surface area contributed by atoms with Gasteiger partial charge in [0.05, 0.1) is 0 Å². The Morgan fingerprint density at radius 1 is 0.792 bits per heavy atom. The van der Waals surface area contributed by atoms with E-state index in [4.69, 9.17) is 0 Å². The number of hydrogen-bond acceptors (Lipinski definition) is 2. The van der Waals surface area contributed by atoms with E-state index in [0.717, 1.165) is 11.4 Å². The fraction of sp³-hybridized carbons (Fsp3) is 0.143. The van der Waals surface area contributed by atoms with Crippen LogP contribution in [0.4, 0.5) is 15.8 Å². The molecule has 3 aromatic carbocycles. The van der Waals surface area contributed by atoms with Crippen molar-refractivity contribution in [2.45, 2.75) is 13.8 Å². The zero-order valence-electron chi connectivity index (χ0n) is 13.9. The summed E-state index contributed by atoms with van der Waals surface area (Å²) < 4.78 is 16.4. The number of aryl methyl sites for hydroxylation is 2. The van der Waals surface area contributed by atoms with Crippen LogP contribution in [0, 0.1) is 19.7 Å². The second-order valence-corrected chi connectivity index (χ2v) is 7.36. The van der Waals surface area contributed by atoms with E-state index in [1.165, 1.54) is 25.7 Å². The standard InChI is InChI=1S/C21H18FNS/c1-13-4-8-17-18-9-7-16(12-21(18)24-20(17)10-13)23(3)15-6-5-14(2)19(22)11-15/h4-12H,1-3H3. The van der Waals surface area contributed by atoms with Crippen molar-refractivity contribution in [2.24, 2.45) is 0 Å². The maximum atomic E-state index is 13.9. The minimum absolute atomic E-state index is 0.169. The Morgan fingerprint density at radius 3 is 2.17 bits per heavy atom. The molecule has 1 aromatic heterocycles. The highest BCUT2D eigenvalue weighted by Crippen LogP contribution is 2.37. The van der Waals surface area contributed by atoms with Crippen molar-refractivity contribution in [1.29, 1.82) is 0 Å². The largest absolute Gasteiger partial charge is 0.344 e. The number of halogens is 1. The van der Waals surface area contributed by atoms with Gasteiger partial charge in [-0.25, -0.2) is 4.39 Å². The van der Waals surface area contributed by atoms with E-state index >= 15 is 0 Å². The maximum Gasteiger partial charge on any atom is 0.128 e. The summed E-state index contributed by atoms with van der Waals surface area (Å²) in [6, 6.07) is 18.4. The van der Waals surface area contributed by atoms with Gasteiger partial charge in [0.25, 0.3) is 0 Å². The van der Waals surface area contributed by atoms with Gasteiger partial charge in [0.15, 0.2) is 0 Å². The molecule has 0 radical (unpaired) electrons. The Kier molecular flexibility index (Phi) is 3.54. The number of nitrogens with zero attached hydrogens (tertiary/aromatic N) is 1. The van der Waals surface area contributed by atoms with Crippen LogP contribution < -0.4 is 4.90 Å². The third kappa shape index (κ3) is 2.45. The van der Waals surface area contributed by atoms with Crippen molar-refractivity contribution in [3.8, 4) is 0 Å². The van der Waals surface area contributed by atoms with Gasteiger partial charge in [-0.15, -0.1) is 11.3 Å². The zero-order valence-corrected chi connectivity index (χ0v) is 14.7. The minimum Gasteiger partial charge on any atom is -0.344 e. The van der Waals surface area contributed by atoms with Crippen molar-refractivity contribution in [3.05, 3.63) is 71.5 Å². The van der Waals surface area contributed by atoms with Crippen LogP contribution in [0.15, 0.2) is 54.6 Å². The molecule has 0 spiro atoms. The van der Waals surface area contributed by atoms with Gasteiger partial charge in [-0.05, 0) is 55.3 Å². The highest BCUT2D eigenvalue weighted by Gasteiger charge is 2.10. The molecule has 1 nitrogen and oxygen atoms in total. The van der Waals surface area contributed by atoms with E-state index in [1.54, 1.807) is 13.0 Å². The molecule has 4 rings (SSSR count). The summed E-state index contributed by atoms with van der Waals surface area (Å²) in [5.74, 6) is -0.169. The number of anilines is 2. The molecular weight excluding hydrogens is 317 g/mol. The predicted molar refractivity (Wildman–Crippen MR) is 103 cm³/mol. The first-order valence-corrected chi connectivity index (χ1v) is 8.77. The molecule has 0 bridgehead atoms. The van der Waals surface area contributed by atoms with Gasteiger partial charge < -0.3 is 4.90 Å². The van der Waals surface area contributed by atoms with Crippen LogP contribution in [0.5, 0.6) is 0 Å². The van der Waals surface area contributed by atoms with Gasteiger partial charge >= 0.3 is 0 Å². The molecule has 0 saturated carbocycles. The van der Waals surface area contributed by atoms with Gasteiger partial charge in [0.2, 0.25) is 0 Å². The molecule has 4 aromatic rings. The summed E-state index contributed by atoms with van der Waals surface area (Å²) in [5.41, 5.74) is 3.87. The lowest BCUT2D eigenvalue weighted by Crippen LogP contribution is -2.09. The van der Waals surface area contributed by atoms with Crippen LogP contribution in [-0.4, -0.2) is 7.05 Å². The average molecular weight is 335 g/mol. The van der Waals surface area contributed by atoms with Crippen LogP contribution in [0.1, 0.15) is 11.1 Å². The van der Waals surface area contributed by atoms with E-state index in [0.29, 0.717) is 5.56 Å². The van der Waals surface area contributed by atoms with E-state index in [1.807, 2.05) is 35.4 Å². The fourth-order valence-corrected chi connectivity index (χ4v) is 4.26. The Balaban J connectivity index is 1.81. The monoisotopic (exact) mass is 335 g/mol. The lowest BCUT2D eigenvalue weighted by Gasteiger charge is -2.20. The molecule has 0 N–H and O–H groups in total. The SMILES string of the molecule is Cc1ccc2c(c1)sc1cc(N(C)c3ccc(C)c(F)c3)ccc12. The summed E-state index contributed by atoms with van der Waals surface area (Å²) in [6.07, 6.45) is 0. The minimum atomic E-state index is -0.169. The Hall–Kier alpha value is -2.39. The summed E-state index contributed by atoms with van der Waals surface area (Å²) >= 11 is 1.81. The molecule has 3 heteroatoms. The van der Waals surface area contributed by atoms with Gasteiger partial charge in [0, 0.05) is 38.6 Å². The first-order valence-electron chi connectivity index (χ1n) is 7.96. The summed E-state index contributed by atoms with van der Waals surface area (Å²) in [5, 5.41) is 2.58. The van der Waals surface area contributed by atoms with Crippen molar-refractivity contribution in [1.82, 2.24) is 0 Å². The van der Waals surface area contributed by atoms with Crippen LogP contribution in [0.2, 0.25) is 0 Å². The van der Waals surface area contributed by atoms with Crippen molar-refractivity contribution >= 4 is 42.9 Å². The Morgan fingerprint density at radius 2 is 1.42 bits per heavy atom. The molecule has 0 aliphatic rings. The Bertz CT molecular complexity index is 1060. The number of rotatable bonds is 2. The summed E-state index contributed by atoms with van der Waals surface area (Å²) in [4.78, 5) is 2.03. The smallest absolute Gasteiger partial charge is 0.128 e. The summed E-state index contributed by atoms with van der Waals surface area (Å²) in [7, 11) is 1.97. The topological polar surface area (TPSA) is 3.24 Å². The van der Waals surface area contributed by atoms with Gasteiger partial charge in [-0.1, -0.05) is 24.3 Å². The number of hydrogen-bond donors (Lipinski definition) is 0. The van der Waals surface area contributed by atoms with Crippen molar-refractivity contribution < 1.29 is 4.39 Å². The highest BCUT2D eigenvalue weighted by molar-refractivity contribution is 7.25. The lowest BCUT2D eigenvalue weighted by atomic mass is 10.1. The first kappa shape index (κ1) is 15.2. The number of thiophene rings is 1. The molecule has 24 heavy (non-hydrogen) atoms. The third-order valence-electron chi connectivity index (χ3n) is 4.54. The second kappa shape index (κ2) is 5.60. The molecule has 0 amide bonds. The second-order valence-electron chi connectivity index (χ2n) is 6.27. The fourth-order valence-electron chi connectivity index (χ4n) is 3.02. The maximum absolute atomic E-state index is 13.9. The zero-order chi connectivity index (χ0) is 16.8. The molecule has 0 fully saturated rings.